The van der Waals surface area contributed by atoms with E-state index in [-0.39, 0.29) is 45.6 Å². The van der Waals surface area contributed by atoms with E-state index in [1.54, 1.807) is 0 Å². The van der Waals surface area contributed by atoms with Gasteiger partial charge in [0.05, 0.1) is 0 Å². The van der Waals surface area contributed by atoms with Crippen LogP contribution >= 0.6 is 0 Å². The van der Waals surface area contributed by atoms with Crippen LogP contribution in [-0.4, -0.2) is 19.4 Å². The maximum atomic E-state index is 0. The molecule has 0 bridgehead atoms. The topological polar surface area (TPSA) is 35.0 Å². The Balaban J connectivity index is 0. The third-order valence-electron chi connectivity index (χ3n) is 0. The van der Waals surface area contributed by atoms with E-state index in [1.165, 1.54) is 0 Å². The summed E-state index contributed by atoms with van der Waals surface area (Å²) < 4.78 is 0. The van der Waals surface area contributed by atoms with Gasteiger partial charge in [0.1, 0.15) is 0 Å². The molecule has 0 aliphatic rings. The Morgan fingerprint density at radius 3 is 1.00 bits per heavy atom. The van der Waals surface area contributed by atoms with Gasteiger partial charge < -0.3 is 6.15 Å². The van der Waals surface area contributed by atoms with Gasteiger partial charge in [0.2, 0.25) is 0 Å². The zero-order valence-corrected chi connectivity index (χ0v) is 4.01. The second-order valence-electron chi connectivity index (χ2n) is 0. The predicted octanol–water partition coefficient (Wildman–Crippen LogP) is -1.67. The molecule has 0 spiro atoms. The zero-order chi connectivity index (χ0) is 0. The van der Waals surface area contributed by atoms with Crippen LogP contribution in [0.3, 0.4) is 0 Å². The van der Waals surface area contributed by atoms with Crippen LogP contribution in [0.5, 0.6) is 0 Å². The first-order valence-electron chi connectivity index (χ1n) is 0. The summed E-state index contributed by atoms with van der Waals surface area (Å²) in [5.41, 5.74) is 0. The fourth-order valence-electron chi connectivity index (χ4n) is 0. The number of hydrogen-bond acceptors (Lipinski definition) is 1. The van der Waals surface area contributed by atoms with Crippen molar-refractivity contribution in [3.05, 3.63) is 0 Å². The average molecular weight is 252 g/mol. The van der Waals surface area contributed by atoms with Crippen LogP contribution in [0.25, 0.3) is 0 Å². The molecule has 0 rings (SSSR count). The molecule has 0 heterocycles. The normalized spacial score (nSPS) is 0. The molecular formula is H7BIrNSi. The van der Waals surface area contributed by atoms with Gasteiger partial charge in [0, 0.05) is 28.5 Å². The van der Waals surface area contributed by atoms with Gasteiger partial charge in [-0.2, -0.15) is 0 Å². The molecule has 0 amide bonds. The summed E-state index contributed by atoms with van der Waals surface area (Å²) >= 11 is 0. The second-order valence-corrected chi connectivity index (χ2v) is 0. The van der Waals surface area contributed by atoms with E-state index in [0.29, 0.717) is 0 Å². The van der Waals surface area contributed by atoms with Crippen molar-refractivity contribution in [3.8, 4) is 0 Å². The maximum absolute atomic E-state index is 0. The van der Waals surface area contributed by atoms with Crippen molar-refractivity contribution in [2.45, 2.75) is 0 Å². The molecule has 0 atom stereocenters. The molecule has 0 saturated heterocycles. The minimum Gasteiger partial charge on any atom is -0.344 e. The minimum absolute atomic E-state index is 0. The molecule has 0 unspecified atom stereocenters. The molecular weight excluding hydrogens is 245 g/mol. The summed E-state index contributed by atoms with van der Waals surface area (Å²) in [5, 5.41) is 0. The molecule has 4 radical (unpaired) electrons. The quantitative estimate of drug-likeness (QED) is 0.514. The third kappa shape index (κ3) is 13.0. The maximum Gasteiger partial charge on any atom is 0 e. The van der Waals surface area contributed by atoms with Crippen molar-refractivity contribution in [2.24, 2.45) is 0 Å². The summed E-state index contributed by atoms with van der Waals surface area (Å²) in [6, 6.07) is 0. The molecule has 4 heavy (non-hydrogen) atoms. The Labute approximate surface area is 46.1 Å². The SMILES string of the molecule is N.[B].[Ir].[SiH4]. The van der Waals surface area contributed by atoms with E-state index in [4.69, 9.17) is 0 Å². The number of hydrogen-bond donors (Lipinski definition) is 1. The van der Waals surface area contributed by atoms with Gasteiger partial charge >= 0.3 is 0 Å². The van der Waals surface area contributed by atoms with Gasteiger partial charge in [0.15, 0.2) is 0 Å². The molecule has 0 aromatic carbocycles. The summed E-state index contributed by atoms with van der Waals surface area (Å²) in [7, 11) is 0. The van der Waals surface area contributed by atoms with Gasteiger partial charge in [-0.15, -0.1) is 0 Å². The number of rotatable bonds is 0. The van der Waals surface area contributed by atoms with Gasteiger partial charge in [-0.05, 0) is 11.0 Å². The fraction of sp³-hybridized carbons (Fsp3) is 0. The van der Waals surface area contributed by atoms with Crippen molar-refractivity contribution < 1.29 is 20.1 Å². The standard InChI is InChI=1S/B.Ir.H3N.H4Si/h;;1H3;1H4. The fourth-order valence-corrected chi connectivity index (χ4v) is 0. The first-order valence-corrected chi connectivity index (χ1v) is 0. The van der Waals surface area contributed by atoms with Crippen LogP contribution in [-0.2, 0) is 20.1 Å². The van der Waals surface area contributed by atoms with E-state index in [9.17, 15) is 0 Å². The van der Waals surface area contributed by atoms with E-state index < -0.39 is 0 Å². The van der Waals surface area contributed by atoms with Gasteiger partial charge in [-0.25, -0.2) is 0 Å². The monoisotopic (exact) mass is 253 g/mol. The summed E-state index contributed by atoms with van der Waals surface area (Å²) in [5.74, 6) is 0. The summed E-state index contributed by atoms with van der Waals surface area (Å²) in [4.78, 5) is 0. The molecule has 0 aliphatic carbocycles. The Bertz CT molecular complexity index is 8.00. The van der Waals surface area contributed by atoms with Crippen LogP contribution in [0.2, 0.25) is 0 Å². The zero-order valence-electron chi connectivity index (χ0n) is 1.62. The van der Waals surface area contributed by atoms with E-state index in [2.05, 4.69) is 0 Å². The smallest absolute Gasteiger partial charge is 0 e. The third-order valence-corrected chi connectivity index (χ3v) is 0. The molecule has 0 aliphatic heterocycles. The van der Waals surface area contributed by atoms with Crippen molar-refractivity contribution in [3.63, 3.8) is 0 Å². The van der Waals surface area contributed by atoms with Crippen LogP contribution in [0.1, 0.15) is 0 Å². The van der Waals surface area contributed by atoms with E-state index >= 15 is 0 Å². The Morgan fingerprint density at radius 1 is 1.00 bits per heavy atom. The molecule has 0 aromatic rings. The van der Waals surface area contributed by atoms with Gasteiger partial charge in [-0.3, -0.25) is 0 Å². The van der Waals surface area contributed by atoms with Crippen molar-refractivity contribution in [1.82, 2.24) is 6.15 Å². The summed E-state index contributed by atoms with van der Waals surface area (Å²) in [6.45, 7) is 0. The molecule has 0 aromatic heterocycles. The van der Waals surface area contributed by atoms with Gasteiger partial charge in [0.25, 0.3) is 0 Å². The largest absolute Gasteiger partial charge is 0.344 e. The van der Waals surface area contributed by atoms with Gasteiger partial charge in [-0.1, -0.05) is 0 Å². The Kier molecular flexibility index (Phi) is 955. The summed E-state index contributed by atoms with van der Waals surface area (Å²) in [6.07, 6.45) is 0. The van der Waals surface area contributed by atoms with Crippen LogP contribution < -0.4 is 6.15 Å². The van der Waals surface area contributed by atoms with E-state index in [1.807, 2.05) is 0 Å². The Hall–Kier alpha value is 0.891. The molecule has 3 N–H and O–H groups in total. The average Bonchev–Trinajstić information content (AvgIpc) is 0. The van der Waals surface area contributed by atoms with Crippen LogP contribution in [0.4, 0.5) is 0 Å². The molecule has 0 fully saturated rings. The minimum atomic E-state index is 0. The first-order chi connectivity index (χ1) is 0. The van der Waals surface area contributed by atoms with Crippen molar-refractivity contribution >= 4 is 19.4 Å². The van der Waals surface area contributed by atoms with Crippen LogP contribution in [0.15, 0.2) is 0 Å². The second kappa shape index (κ2) is 41.0. The van der Waals surface area contributed by atoms with Crippen LogP contribution in [0, 0.1) is 0 Å². The molecule has 4 heteroatoms. The predicted molar refractivity (Wildman–Crippen MR) is 22.1 cm³/mol. The van der Waals surface area contributed by atoms with E-state index in [0.717, 1.165) is 0 Å². The molecule has 28 valence electrons. The molecule has 0 saturated carbocycles. The first kappa shape index (κ1) is 93.3. The van der Waals surface area contributed by atoms with Crippen molar-refractivity contribution in [1.29, 1.82) is 0 Å². The Morgan fingerprint density at radius 2 is 1.00 bits per heavy atom. The van der Waals surface area contributed by atoms with Crippen molar-refractivity contribution in [2.75, 3.05) is 0 Å². The molecule has 1 nitrogen and oxygen atoms in total.